The summed E-state index contributed by atoms with van der Waals surface area (Å²) in [6.07, 6.45) is 27.3. The molecule has 10 aliphatic carbocycles. The highest BCUT2D eigenvalue weighted by atomic mass is 15.0. The molecule has 0 N–H and O–H groups in total. The molecule has 6 heteroatoms. The first-order chi connectivity index (χ1) is 59.7. The first-order valence-electron chi connectivity index (χ1n) is 48.3. The van der Waals surface area contributed by atoms with Crippen LogP contribution in [0, 0.1) is 52.4 Å². The minimum atomic E-state index is -0.576. The van der Waals surface area contributed by atoms with Gasteiger partial charge in [0, 0.05) is 118 Å². The molecule has 8 atom stereocenters. The molecule has 8 bridgehead atoms. The topological polar surface area (TPSA) is 23.3 Å². The van der Waals surface area contributed by atoms with Gasteiger partial charge >= 0.3 is 0 Å². The summed E-state index contributed by atoms with van der Waals surface area (Å²) in [7, 11) is 12.9. The number of rotatable bonds is 6. The van der Waals surface area contributed by atoms with Crippen LogP contribution < -0.4 is 27.4 Å². The Balaban J connectivity index is 0.000000107. The average Bonchev–Trinajstić information content (AvgIpc) is 1.50. The Morgan fingerprint density at radius 2 is 0.677 bits per heavy atom. The van der Waals surface area contributed by atoms with Gasteiger partial charge < -0.3 is 0 Å². The Morgan fingerprint density at radius 1 is 0.298 bits per heavy atom. The van der Waals surface area contributed by atoms with Crippen molar-refractivity contribution in [2.24, 2.45) is 53.1 Å². The van der Waals surface area contributed by atoms with Gasteiger partial charge in [0.15, 0.2) is 37.2 Å². The lowest BCUT2D eigenvalue weighted by atomic mass is 9.69. The van der Waals surface area contributed by atoms with E-state index < -0.39 is 17.7 Å². The maximum atomic E-state index is 9.25. The molecule has 4 fully saturated rings. The summed E-state index contributed by atoms with van der Waals surface area (Å²) < 4.78 is 40.5. The predicted molar refractivity (Wildman–Crippen MR) is 513 cm³/mol. The van der Waals surface area contributed by atoms with Gasteiger partial charge in [-0.15, -0.1) is 0 Å². The Kier molecular flexibility index (Phi) is 21.1. The first kappa shape index (κ1) is 82.5. The van der Waals surface area contributed by atoms with Crippen LogP contribution in [0.1, 0.15) is 314 Å². The van der Waals surface area contributed by atoms with Crippen molar-refractivity contribution in [3.05, 3.63) is 319 Å². The number of nitrogens with zero attached hydrogens (tertiary/aromatic N) is 6. The molecule has 124 heavy (non-hydrogen) atoms. The van der Waals surface area contributed by atoms with Crippen molar-refractivity contribution in [1.29, 1.82) is 0 Å². The van der Waals surface area contributed by atoms with E-state index in [9.17, 15) is 1.37 Å². The number of hydrogen-bond acceptors (Lipinski definition) is 0. The van der Waals surface area contributed by atoms with Crippen LogP contribution in [0.2, 0.25) is 0 Å². The third kappa shape index (κ3) is 14.3. The normalized spacial score (nSPS) is 25.6. The lowest BCUT2D eigenvalue weighted by Gasteiger charge is -2.34. The Labute approximate surface area is 750 Å². The van der Waals surface area contributed by atoms with Gasteiger partial charge in [-0.3, -0.25) is 0 Å². The van der Waals surface area contributed by atoms with Crippen LogP contribution in [0.5, 0.6) is 0 Å². The molecule has 6 nitrogen and oxygen atoms in total. The zero-order chi connectivity index (χ0) is 91.0. The van der Waals surface area contributed by atoms with Crippen LogP contribution >= 0.6 is 0 Å². The molecular weight excluding hydrogens is 1500 g/mol. The van der Waals surface area contributed by atoms with Crippen LogP contribution in [0.25, 0.3) is 67.5 Å². The van der Waals surface area contributed by atoms with Gasteiger partial charge in [0.1, 0.15) is 42.3 Å². The van der Waals surface area contributed by atoms with Crippen molar-refractivity contribution in [3.63, 3.8) is 0 Å². The molecule has 0 saturated heterocycles. The molecule has 0 aliphatic heterocycles. The highest BCUT2D eigenvalue weighted by Crippen LogP contribution is 2.69. The monoisotopic (exact) mass is 1650 g/mol. The molecule has 12 aromatic rings. The molecule has 4 saturated carbocycles. The molecule has 22 rings (SSSR count). The minimum absolute atomic E-state index is 0.0142. The van der Waals surface area contributed by atoms with Gasteiger partial charge in [-0.05, 0) is 290 Å². The molecule has 6 aromatic heterocycles. The van der Waals surface area contributed by atoms with Gasteiger partial charge in [0.25, 0.3) is 0 Å². The smallest absolute Gasteiger partial charge is 0.201 e. The fraction of sp³-hybridized carbons (Fsp3) is 0.441. The second kappa shape index (κ2) is 31.7. The van der Waals surface area contributed by atoms with Crippen LogP contribution in [0.15, 0.2) is 219 Å². The molecule has 6 aromatic carbocycles. The highest BCUT2D eigenvalue weighted by Gasteiger charge is 2.62. The van der Waals surface area contributed by atoms with E-state index in [1.54, 1.807) is 22.3 Å². The van der Waals surface area contributed by atoms with E-state index in [1.165, 1.54) is 174 Å². The highest BCUT2D eigenvalue weighted by molar-refractivity contribution is 5.73. The van der Waals surface area contributed by atoms with Gasteiger partial charge in [0.2, 0.25) is 34.2 Å². The fourth-order valence-corrected chi connectivity index (χ4v) is 26.1. The average molecular weight is 1650 g/mol. The van der Waals surface area contributed by atoms with E-state index in [4.69, 9.17) is 2.74 Å². The fourth-order valence-electron chi connectivity index (χ4n) is 26.1. The van der Waals surface area contributed by atoms with Crippen molar-refractivity contribution in [2.75, 3.05) is 0 Å². The summed E-state index contributed by atoms with van der Waals surface area (Å²) in [5.74, 6) is 0.793. The van der Waals surface area contributed by atoms with Gasteiger partial charge in [-0.25, -0.2) is 27.4 Å². The summed E-state index contributed by atoms with van der Waals surface area (Å²) in [6, 6.07) is 65.8. The molecule has 0 radical (unpaired) electrons. The van der Waals surface area contributed by atoms with Crippen molar-refractivity contribution in [2.45, 2.75) is 283 Å². The van der Waals surface area contributed by atoms with Crippen LogP contribution in [0.3, 0.4) is 0 Å². The number of fused-ring (bicyclic) bond motifs is 22. The minimum Gasteiger partial charge on any atom is -0.201 e. The van der Waals surface area contributed by atoms with E-state index in [0.29, 0.717) is 17.3 Å². The molecule has 0 amide bonds. The van der Waals surface area contributed by atoms with E-state index in [0.717, 1.165) is 60.3 Å². The number of pyridine rings is 6. The summed E-state index contributed by atoms with van der Waals surface area (Å²) in [5.41, 5.74) is 43.0. The van der Waals surface area contributed by atoms with Gasteiger partial charge in [-0.2, -0.15) is 0 Å². The lowest BCUT2D eigenvalue weighted by Crippen LogP contribution is -2.36. The zero-order valence-electron chi connectivity index (χ0n) is 83.2. The summed E-state index contributed by atoms with van der Waals surface area (Å²) in [6.45, 7) is 46.5. The maximum absolute atomic E-state index is 9.25. The Hall–Kier alpha value is -9.78. The third-order valence-electron chi connectivity index (χ3n) is 33.3. The van der Waals surface area contributed by atoms with Gasteiger partial charge in [-0.1, -0.05) is 206 Å². The molecule has 10 aliphatic rings. The summed E-state index contributed by atoms with van der Waals surface area (Å²) in [5, 5.41) is 0. The van der Waals surface area contributed by atoms with Crippen molar-refractivity contribution in [1.82, 2.24) is 0 Å². The number of benzene rings is 6. The number of hydrogen-bond donors (Lipinski definition) is 0. The van der Waals surface area contributed by atoms with Crippen LogP contribution in [0.4, 0.5) is 0 Å². The Morgan fingerprint density at radius 3 is 1.19 bits per heavy atom. The standard InChI is InChI=1S/2C21H26N.2C20H26N.2C18H20N/c2*1-14-8-6-7-9-15(14)19-12-16-17-10-11-21(4,20(17,2)3)18(16)13-22(19)5;1-14-9-7-8-10-15(14)18-11-16-17(12-21(18)6)20(4,5)13-19(16,2)3;1-14-9-7-8-10-15(14)18-17-16(11-12-21(18)6)19(2,3)13-20(17,4)5;2*1-12-5-3-4-6-15(12)18-17-14-8-7-13(11-14)16(17)9-10-19(18)2/h2*6-9,12-13,17H,10-11H2,1-5H3;2*7-12H,13H2,1-6H3;2*3-6,9-10,13-14H,7-8,11H2,1-2H3/q6*+1/i17D;;;;13D,14D;. The van der Waals surface area contributed by atoms with E-state index in [2.05, 4.69) is 420 Å². The maximum Gasteiger partial charge on any atom is 0.216 e. The van der Waals surface area contributed by atoms with E-state index >= 15 is 0 Å². The van der Waals surface area contributed by atoms with Crippen molar-refractivity contribution < 1.29 is 31.5 Å². The largest absolute Gasteiger partial charge is 0.216 e. The third-order valence-corrected chi connectivity index (χ3v) is 33.3. The second-order valence-electron chi connectivity index (χ2n) is 43.6. The van der Waals surface area contributed by atoms with Crippen LogP contribution in [-0.4, -0.2) is 0 Å². The van der Waals surface area contributed by atoms with E-state index in [1.807, 2.05) is 7.05 Å². The Bertz CT molecular complexity index is 6320. The number of aromatic nitrogens is 6. The summed E-state index contributed by atoms with van der Waals surface area (Å²) >= 11 is 0. The zero-order valence-corrected chi connectivity index (χ0v) is 80.2. The SMILES string of the molecule is Cc1ccccc1-c1c2c(cc[n+]1C)C(C)(C)CC2(C)C.Cc1ccccc1-c1c2c(cc[n+]1C)C1CCC2C1.Cc1ccccc1-c1cc2c(c[n+]1C)C(C)(C)CC2(C)C.Cc1ccccc1-c1cc2c(c[n+]1C)C1(C)CCC2C1(C)C.[2H]C12CCC(C)(c3c[n+](C)c(-c4ccccc4C)cc31)C2(C)C.[2H]C12CCC([2H])(C1)c1c2cc[n+](C)c1-c1ccccc1C. The molecule has 640 valence electrons. The molecular formula is C118H144N6+6. The molecule has 6 heterocycles. The van der Waals surface area contributed by atoms with Crippen molar-refractivity contribution in [3.8, 4) is 67.5 Å². The predicted octanol–water partition coefficient (Wildman–Crippen LogP) is 25.9. The van der Waals surface area contributed by atoms with Crippen LogP contribution in [-0.2, 0) is 74.8 Å². The lowest BCUT2D eigenvalue weighted by molar-refractivity contribution is -0.661. The van der Waals surface area contributed by atoms with Gasteiger partial charge in [0.05, 0.1) is 0 Å². The number of aryl methyl sites for hydroxylation is 12. The first-order valence-corrected chi connectivity index (χ1v) is 46.8. The molecule has 8 unspecified atom stereocenters. The van der Waals surface area contributed by atoms with Crippen molar-refractivity contribution >= 4 is 0 Å². The molecule has 0 spiro atoms. The van der Waals surface area contributed by atoms with E-state index in [-0.39, 0.29) is 32.5 Å². The summed E-state index contributed by atoms with van der Waals surface area (Å²) in [4.78, 5) is 0. The second-order valence-corrected chi connectivity index (χ2v) is 43.6. The quantitative estimate of drug-likeness (QED) is 0.148.